The molecule has 4 rings (SSSR count). The van der Waals surface area contributed by atoms with Gasteiger partial charge in [0.05, 0.1) is 11.3 Å². The van der Waals surface area contributed by atoms with Gasteiger partial charge in [0.15, 0.2) is 0 Å². The molecule has 27 heavy (non-hydrogen) atoms. The van der Waals surface area contributed by atoms with Crippen molar-refractivity contribution in [2.24, 2.45) is 0 Å². The first kappa shape index (κ1) is 17.0. The van der Waals surface area contributed by atoms with E-state index in [0.717, 1.165) is 35.7 Å². The molecule has 1 aliphatic carbocycles. The Morgan fingerprint density at radius 3 is 2.33 bits per heavy atom. The van der Waals surface area contributed by atoms with Crippen molar-refractivity contribution in [3.63, 3.8) is 0 Å². The highest BCUT2D eigenvalue weighted by Gasteiger charge is 2.25. The monoisotopic (exact) mass is 359 g/mol. The predicted octanol–water partition coefficient (Wildman–Crippen LogP) is 4.70. The second-order valence-corrected chi connectivity index (χ2v) is 6.62. The average molecular weight is 359 g/mol. The maximum absolute atomic E-state index is 12.5. The van der Waals surface area contributed by atoms with Crippen LogP contribution in [0.25, 0.3) is 0 Å². The van der Waals surface area contributed by atoms with Gasteiger partial charge in [-0.15, -0.1) is 0 Å². The molecule has 1 aliphatic rings. The number of para-hydroxylation sites is 1. The van der Waals surface area contributed by atoms with Gasteiger partial charge in [0, 0.05) is 17.4 Å². The summed E-state index contributed by atoms with van der Waals surface area (Å²) in [5, 5.41) is 6.30. The van der Waals surface area contributed by atoms with Crippen molar-refractivity contribution in [3.05, 3.63) is 78.4 Å². The Hall–Kier alpha value is -3.47. The van der Waals surface area contributed by atoms with Crippen LogP contribution < -0.4 is 21.1 Å². The SMILES string of the molecule is Nc1ccc(Nc2ccc(Oc3ccccc3)cc2)c(C(=O)NC2CC2)c1. The highest BCUT2D eigenvalue weighted by molar-refractivity contribution is 6.01. The average Bonchev–Trinajstić information content (AvgIpc) is 3.49. The molecule has 136 valence electrons. The van der Waals surface area contributed by atoms with Crippen molar-refractivity contribution >= 4 is 23.0 Å². The highest BCUT2D eigenvalue weighted by Crippen LogP contribution is 2.27. The molecule has 0 aromatic heterocycles. The van der Waals surface area contributed by atoms with Gasteiger partial charge in [-0.3, -0.25) is 4.79 Å². The zero-order chi connectivity index (χ0) is 18.6. The van der Waals surface area contributed by atoms with Crippen LogP contribution in [0.1, 0.15) is 23.2 Å². The second kappa shape index (κ2) is 7.41. The maximum atomic E-state index is 12.5. The number of hydrogen-bond acceptors (Lipinski definition) is 4. The van der Waals surface area contributed by atoms with Crippen LogP contribution in [-0.4, -0.2) is 11.9 Å². The zero-order valence-electron chi connectivity index (χ0n) is 14.8. The topological polar surface area (TPSA) is 76.4 Å². The van der Waals surface area contributed by atoms with E-state index < -0.39 is 0 Å². The van der Waals surface area contributed by atoms with E-state index in [1.165, 1.54) is 0 Å². The summed E-state index contributed by atoms with van der Waals surface area (Å²) in [5.74, 6) is 1.43. The van der Waals surface area contributed by atoms with Crippen LogP contribution in [0.5, 0.6) is 11.5 Å². The first-order valence-electron chi connectivity index (χ1n) is 8.98. The molecular weight excluding hydrogens is 338 g/mol. The van der Waals surface area contributed by atoms with Crippen molar-refractivity contribution in [2.45, 2.75) is 18.9 Å². The number of rotatable bonds is 6. The van der Waals surface area contributed by atoms with Gasteiger partial charge in [0.2, 0.25) is 0 Å². The number of carbonyl (C=O) groups is 1. The Bertz CT molecular complexity index is 936. The molecule has 0 spiro atoms. The third-order valence-corrected chi connectivity index (χ3v) is 4.31. The fourth-order valence-electron chi connectivity index (χ4n) is 2.74. The van der Waals surface area contributed by atoms with Crippen molar-refractivity contribution in [1.82, 2.24) is 5.32 Å². The number of ether oxygens (including phenoxy) is 1. The quantitative estimate of drug-likeness (QED) is 0.558. The lowest BCUT2D eigenvalue weighted by atomic mass is 10.1. The molecule has 0 radical (unpaired) electrons. The maximum Gasteiger partial charge on any atom is 0.253 e. The van der Waals surface area contributed by atoms with Crippen LogP contribution in [-0.2, 0) is 0 Å². The Labute approximate surface area is 158 Å². The Morgan fingerprint density at radius 2 is 1.63 bits per heavy atom. The minimum absolute atomic E-state index is 0.101. The summed E-state index contributed by atoms with van der Waals surface area (Å²) in [7, 11) is 0. The molecule has 0 atom stereocenters. The molecule has 1 saturated carbocycles. The first-order chi connectivity index (χ1) is 13.2. The van der Waals surface area contributed by atoms with Crippen LogP contribution in [0.4, 0.5) is 17.1 Å². The Balaban J connectivity index is 1.49. The van der Waals surface area contributed by atoms with Crippen molar-refractivity contribution in [1.29, 1.82) is 0 Å². The van der Waals surface area contributed by atoms with E-state index >= 15 is 0 Å². The number of carbonyl (C=O) groups excluding carboxylic acids is 1. The molecule has 1 fully saturated rings. The van der Waals surface area contributed by atoms with Crippen LogP contribution in [0, 0.1) is 0 Å². The van der Waals surface area contributed by atoms with Crippen LogP contribution >= 0.6 is 0 Å². The van der Waals surface area contributed by atoms with E-state index in [4.69, 9.17) is 10.5 Å². The number of hydrogen-bond donors (Lipinski definition) is 3. The van der Waals surface area contributed by atoms with E-state index in [2.05, 4.69) is 10.6 Å². The molecule has 3 aromatic carbocycles. The Morgan fingerprint density at radius 1 is 0.926 bits per heavy atom. The lowest BCUT2D eigenvalue weighted by molar-refractivity contribution is 0.0952. The van der Waals surface area contributed by atoms with Gasteiger partial charge < -0.3 is 21.1 Å². The minimum atomic E-state index is -0.101. The molecule has 5 heteroatoms. The lowest BCUT2D eigenvalue weighted by Gasteiger charge is -2.13. The van der Waals surface area contributed by atoms with Gasteiger partial charge in [-0.05, 0) is 67.4 Å². The largest absolute Gasteiger partial charge is 0.457 e. The van der Waals surface area contributed by atoms with Crippen molar-refractivity contribution in [3.8, 4) is 11.5 Å². The van der Waals surface area contributed by atoms with Crippen LogP contribution in [0.15, 0.2) is 72.8 Å². The van der Waals surface area contributed by atoms with E-state index in [9.17, 15) is 4.79 Å². The summed E-state index contributed by atoms with van der Waals surface area (Å²) in [6.07, 6.45) is 2.08. The summed E-state index contributed by atoms with van der Waals surface area (Å²) < 4.78 is 5.80. The minimum Gasteiger partial charge on any atom is -0.457 e. The third kappa shape index (κ3) is 4.39. The van der Waals surface area contributed by atoms with E-state index in [-0.39, 0.29) is 5.91 Å². The standard InChI is InChI=1S/C22H21N3O2/c23-15-6-13-21(20(14-15)22(26)25-17-7-8-17)24-16-9-11-19(12-10-16)27-18-4-2-1-3-5-18/h1-6,9-14,17,24H,7-8,23H2,(H,25,26). The third-order valence-electron chi connectivity index (χ3n) is 4.31. The number of amides is 1. The molecule has 4 N–H and O–H groups in total. The highest BCUT2D eigenvalue weighted by atomic mass is 16.5. The molecule has 3 aromatic rings. The molecule has 0 heterocycles. The van der Waals surface area contributed by atoms with Gasteiger partial charge in [-0.1, -0.05) is 18.2 Å². The smallest absolute Gasteiger partial charge is 0.253 e. The molecule has 0 unspecified atom stereocenters. The molecular formula is C22H21N3O2. The summed E-state index contributed by atoms with van der Waals surface area (Å²) in [6.45, 7) is 0. The van der Waals surface area contributed by atoms with Gasteiger partial charge in [0.1, 0.15) is 11.5 Å². The van der Waals surface area contributed by atoms with Gasteiger partial charge in [0.25, 0.3) is 5.91 Å². The normalized spacial score (nSPS) is 13.0. The fourth-order valence-corrected chi connectivity index (χ4v) is 2.74. The number of anilines is 3. The predicted molar refractivity (Wildman–Crippen MR) is 108 cm³/mol. The van der Waals surface area contributed by atoms with Gasteiger partial charge in [-0.25, -0.2) is 0 Å². The number of nitrogens with two attached hydrogens (primary N) is 1. The van der Waals surface area contributed by atoms with Crippen LogP contribution in [0.3, 0.4) is 0 Å². The molecule has 0 saturated heterocycles. The lowest BCUT2D eigenvalue weighted by Crippen LogP contribution is -2.26. The number of nitrogen functional groups attached to an aromatic ring is 1. The summed E-state index contributed by atoms with van der Waals surface area (Å²) in [4.78, 5) is 12.5. The molecule has 5 nitrogen and oxygen atoms in total. The van der Waals surface area contributed by atoms with E-state index in [0.29, 0.717) is 17.3 Å². The second-order valence-electron chi connectivity index (χ2n) is 6.62. The van der Waals surface area contributed by atoms with Gasteiger partial charge in [-0.2, -0.15) is 0 Å². The summed E-state index contributed by atoms with van der Waals surface area (Å²) in [5.41, 5.74) is 8.57. The Kier molecular flexibility index (Phi) is 4.66. The van der Waals surface area contributed by atoms with E-state index in [1.54, 1.807) is 12.1 Å². The van der Waals surface area contributed by atoms with E-state index in [1.807, 2.05) is 60.7 Å². The van der Waals surface area contributed by atoms with Gasteiger partial charge >= 0.3 is 0 Å². The van der Waals surface area contributed by atoms with Crippen molar-refractivity contribution < 1.29 is 9.53 Å². The number of nitrogens with one attached hydrogen (secondary N) is 2. The fraction of sp³-hybridized carbons (Fsp3) is 0.136. The summed E-state index contributed by atoms with van der Waals surface area (Å²) >= 11 is 0. The molecule has 0 aliphatic heterocycles. The zero-order valence-corrected chi connectivity index (χ0v) is 14.8. The number of benzene rings is 3. The summed E-state index contributed by atoms with van der Waals surface area (Å²) in [6, 6.07) is 22.8. The van der Waals surface area contributed by atoms with Crippen molar-refractivity contribution in [2.75, 3.05) is 11.1 Å². The molecule has 1 amide bonds. The molecule has 0 bridgehead atoms. The first-order valence-corrected chi connectivity index (χ1v) is 8.98. The van der Waals surface area contributed by atoms with Crippen LogP contribution in [0.2, 0.25) is 0 Å².